The second kappa shape index (κ2) is 6.53. The normalized spacial score (nSPS) is 21.1. The van der Waals surface area contributed by atoms with Crippen LogP contribution in [0.4, 0.5) is 23.2 Å². The number of hydrogen-bond acceptors (Lipinski definition) is 5. The molecule has 27 heavy (non-hydrogen) atoms. The van der Waals surface area contributed by atoms with Gasteiger partial charge in [0, 0.05) is 17.4 Å². The van der Waals surface area contributed by atoms with Gasteiger partial charge in [0.1, 0.15) is 5.82 Å². The van der Waals surface area contributed by atoms with Gasteiger partial charge in [-0.1, -0.05) is 0 Å². The summed E-state index contributed by atoms with van der Waals surface area (Å²) in [4.78, 5) is 19.3. The number of carbonyl (C=O) groups excluding carboxylic acids is 1. The van der Waals surface area contributed by atoms with Gasteiger partial charge >= 0.3 is 5.92 Å². The van der Waals surface area contributed by atoms with E-state index in [1.807, 2.05) is 0 Å². The molecule has 2 aromatic rings. The number of hydrogen-bond donors (Lipinski definition) is 2. The number of benzene rings is 1. The zero-order valence-electron chi connectivity index (χ0n) is 14.0. The number of carbonyl (C=O) groups is 1. The fourth-order valence-corrected chi connectivity index (χ4v) is 2.62. The first-order valence-electron chi connectivity index (χ1n) is 7.72. The van der Waals surface area contributed by atoms with Crippen LogP contribution in [0.25, 0.3) is 0 Å². The van der Waals surface area contributed by atoms with E-state index >= 15 is 0 Å². The highest BCUT2D eigenvalue weighted by Gasteiger charge is 2.56. The number of nitrogens with one attached hydrogen (secondary N) is 1. The summed E-state index contributed by atoms with van der Waals surface area (Å²) in [6.07, 6.45) is 1.22. The Kier molecular flexibility index (Phi) is 4.50. The minimum Gasteiger partial charge on any atom is -0.459 e. The summed E-state index contributed by atoms with van der Waals surface area (Å²) in [5.74, 6) is -6.32. The Morgan fingerprint density at radius 3 is 2.70 bits per heavy atom. The van der Waals surface area contributed by atoms with Crippen LogP contribution in [0.3, 0.4) is 0 Å². The van der Waals surface area contributed by atoms with Crippen molar-refractivity contribution in [2.75, 3.05) is 11.9 Å². The quantitative estimate of drug-likeness (QED) is 0.799. The molecule has 0 unspecified atom stereocenters. The van der Waals surface area contributed by atoms with Crippen LogP contribution in [0, 0.1) is 11.6 Å². The highest BCUT2D eigenvalue weighted by Crippen LogP contribution is 2.44. The topological polar surface area (TPSA) is 89.6 Å². The van der Waals surface area contributed by atoms with Crippen LogP contribution >= 0.6 is 0 Å². The van der Waals surface area contributed by atoms with Crippen molar-refractivity contribution in [1.29, 1.82) is 0 Å². The smallest absolute Gasteiger partial charge is 0.310 e. The summed E-state index contributed by atoms with van der Waals surface area (Å²) >= 11 is 0. The molecule has 0 fully saturated rings. The molecule has 0 saturated carbocycles. The number of ether oxygens (including phenoxy) is 1. The van der Waals surface area contributed by atoms with E-state index in [2.05, 4.69) is 20.0 Å². The van der Waals surface area contributed by atoms with Gasteiger partial charge in [-0.05, 0) is 37.3 Å². The SMILES string of the molecule is C[C@]1(c2cc(NC(=O)c3ncccc3F)ccc2F)N=C(N)OCC1(F)F. The largest absolute Gasteiger partial charge is 0.459 e. The average Bonchev–Trinajstić information content (AvgIpc) is 2.60. The minimum absolute atomic E-state index is 0.0428. The summed E-state index contributed by atoms with van der Waals surface area (Å²) in [5, 5.41) is 2.30. The molecular formula is C17H14F4N4O2. The summed E-state index contributed by atoms with van der Waals surface area (Å²) in [6.45, 7) is -0.0706. The van der Waals surface area contributed by atoms with Crippen molar-refractivity contribution in [2.45, 2.75) is 18.4 Å². The lowest BCUT2D eigenvalue weighted by atomic mass is 9.85. The van der Waals surface area contributed by atoms with Crippen molar-refractivity contribution in [3.8, 4) is 0 Å². The van der Waals surface area contributed by atoms with Crippen LogP contribution in [-0.2, 0) is 10.3 Å². The molecule has 0 radical (unpaired) electrons. The van der Waals surface area contributed by atoms with Crippen LogP contribution in [0.1, 0.15) is 23.0 Å². The van der Waals surface area contributed by atoms with Crippen LogP contribution < -0.4 is 11.1 Å². The van der Waals surface area contributed by atoms with Gasteiger partial charge in [-0.15, -0.1) is 0 Å². The fourth-order valence-electron chi connectivity index (χ4n) is 2.62. The lowest BCUT2D eigenvalue weighted by Gasteiger charge is -2.37. The Morgan fingerprint density at radius 2 is 2.00 bits per heavy atom. The van der Waals surface area contributed by atoms with Crippen molar-refractivity contribution >= 4 is 17.6 Å². The zero-order chi connectivity index (χ0) is 19.8. The van der Waals surface area contributed by atoms with Crippen molar-refractivity contribution in [1.82, 2.24) is 4.98 Å². The summed E-state index contributed by atoms with van der Waals surface area (Å²) in [5.41, 5.74) is 1.99. The molecule has 0 aliphatic carbocycles. The van der Waals surface area contributed by atoms with Gasteiger partial charge in [-0.3, -0.25) is 4.79 Å². The number of aromatic nitrogens is 1. The second-order valence-electron chi connectivity index (χ2n) is 6.00. The molecule has 1 amide bonds. The number of alkyl halides is 2. The molecule has 0 spiro atoms. The van der Waals surface area contributed by atoms with Gasteiger partial charge in [-0.2, -0.15) is 8.78 Å². The number of nitrogens with two attached hydrogens (primary N) is 1. The Hall–Kier alpha value is -3.17. The maximum atomic E-state index is 14.4. The van der Waals surface area contributed by atoms with Gasteiger partial charge in [0.05, 0.1) is 0 Å². The molecular weight excluding hydrogens is 368 g/mol. The zero-order valence-corrected chi connectivity index (χ0v) is 14.0. The number of pyridine rings is 1. The number of anilines is 1. The fraction of sp³-hybridized carbons (Fsp3) is 0.235. The van der Waals surface area contributed by atoms with E-state index in [1.165, 1.54) is 12.3 Å². The average molecular weight is 382 g/mol. The Labute approximate surface area is 151 Å². The predicted octanol–water partition coefficient (Wildman–Crippen LogP) is 2.81. The molecule has 2 heterocycles. The Balaban J connectivity index is 1.99. The number of amides is 1. The van der Waals surface area contributed by atoms with E-state index in [9.17, 15) is 22.4 Å². The number of nitrogens with zero attached hydrogens (tertiary/aromatic N) is 2. The molecule has 1 aliphatic heterocycles. The first kappa shape index (κ1) is 18.6. The van der Waals surface area contributed by atoms with Crippen molar-refractivity contribution in [3.63, 3.8) is 0 Å². The van der Waals surface area contributed by atoms with Gasteiger partial charge in [0.2, 0.25) is 0 Å². The van der Waals surface area contributed by atoms with Crippen molar-refractivity contribution < 1.29 is 27.1 Å². The van der Waals surface area contributed by atoms with Crippen molar-refractivity contribution in [2.24, 2.45) is 10.7 Å². The van der Waals surface area contributed by atoms with E-state index in [0.717, 1.165) is 31.2 Å². The molecule has 1 aliphatic rings. The molecule has 142 valence electrons. The lowest BCUT2D eigenvalue weighted by Crippen LogP contribution is -2.51. The molecule has 0 saturated heterocycles. The molecule has 10 heteroatoms. The molecule has 3 N–H and O–H groups in total. The molecule has 1 atom stereocenters. The number of aliphatic imine (C=N–C) groups is 1. The summed E-state index contributed by atoms with van der Waals surface area (Å²) in [7, 11) is 0. The van der Waals surface area contributed by atoms with Crippen LogP contribution in [0.5, 0.6) is 0 Å². The summed E-state index contributed by atoms with van der Waals surface area (Å²) in [6, 6.07) is 4.86. The second-order valence-corrected chi connectivity index (χ2v) is 6.00. The van der Waals surface area contributed by atoms with Gasteiger partial charge < -0.3 is 15.8 Å². The number of halogens is 4. The first-order valence-corrected chi connectivity index (χ1v) is 7.72. The van der Waals surface area contributed by atoms with E-state index in [-0.39, 0.29) is 5.69 Å². The molecule has 3 rings (SSSR count). The summed E-state index contributed by atoms with van der Waals surface area (Å²) < 4.78 is 61.3. The molecule has 1 aromatic carbocycles. The third kappa shape index (κ3) is 3.29. The third-order valence-electron chi connectivity index (χ3n) is 4.17. The van der Waals surface area contributed by atoms with E-state index in [0.29, 0.717) is 0 Å². The number of rotatable bonds is 3. The van der Waals surface area contributed by atoms with Gasteiger partial charge in [-0.25, -0.2) is 18.8 Å². The maximum Gasteiger partial charge on any atom is 0.310 e. The molecule has 6 nitrogen and oxygen atoms in total. The lowest BCUT2D eigenvalue weighted by molar-refractivity contribution is -0.117. The van der Waals surface area contributed by atoms with E-state index < -0.39 is 52.9 Å². The predicted molar refractivity (Wildman–Crippen MR) is 88.4 cm³/mol. The van der Waals surface area contributed by atoms with Crippen LogP contribution in [0.2, 0.25) is 0 Å². The molecule has 1 aromatic heterocycles. The minimum atomic E-state index is -3.56. The Bertz CT molecular complexity index is 935. The standard InChI is InChI=1S/C17H14F4N4O2/c1-16(17(20,21)8-27-15(22)25-16)10-7-9(4-5-11(10)18)24-14(26)13-12(19)3-2-6-23-13/h2-7H,8H2,1H3,(H2,22,25)(H,24,26)/t16-/m1/s1. The van der Waals surface area contributed by atoms with Gasteiger partial charge in [0.15, 0.2) is 23.7 Å². The van der Waals surface area contributed by atoms with Crippen molar-refractivity contribution in [3.05, 3.63) is 59.4 Å². The van der Waals surface area contributed by atoms with E-state index in [4.69, 9.17) is 5.73 Å². The highest BCUT2D eigenvalue weighted by molar-refractivity contribution is 6.03. The maximum absolute atomic E-state index is 14.4. The monoisotopic (exact) mass is 382 g/mol. The van der Waals surface area contributed by atoms with Crippen LogP contribution in [-0.4, -0.2) is 29.4 Å². The van der Waals surface area contributed by atoms with Gasteiger partial charge in [0.25, 0.3) is 11.9 Å². The highest BCUT2D eigenvalue weighted by atomic mass is 19.3. The Morgan fingerprint density at radius 1 is 1.26 bits per heavy atom. The number of amidine groups is 1. The van der Waals surface area contributed by atoms with E-state index in [1.54, 1.807) is 0 Å². The third-order valence-corrected chi connectivity index (χ3v) is 4.17. The van der Waals surface area contributed by atoms with Crippen LogP contribution in [0.15, 0.2) is 41.5 Å². The molecule has 0 bridgehead atoms. The first-order chi connectivity index (χ1) is 12.6.